The molecule has 0 aliphatic carbocycles. The number of aliphatic imine (C=N–C) groups is 1. The molecule has 2 aromatic rings. The second-order valence-electron chi connectivity index (χ2n) is 7.50. The van der Waals surface area contributed by atoms with Crippen LogP contribution in [0.1, 0.15) is 35.4 Å². The maximum absolute atomic E-state index is 4.45. The molecule has 2 atom stereocenters. The van der Waals surface area contributed by atoms with Crippen molar-refractivity contribution < 1.29 is 0 Å². The number of likely N-dealkylation sites (tertiary alicyclic amines) is 1. The largest absolute Gasteiger partial charge is 0.354 e. The third kappa shape index (κ3) is 5.56. The molecule has 5 nitrogen and oxygen atoms in total. The smallest absolute Gasteiger partial charge is 0.191 e. The van der Waals surface area contributed by atoms with E-state index in [1.54, 1.807) is 0 Å². The Hall–Kier alpha value is -1.89. The van der Waals surface area contributed by atoms with Crippen molar-refractivity contribution in [2.24, 2.45) is 4.99 Å². The molecule has 0 saturated carbocycles. The Bertz CT molecular complexity index is 708. The Morgan fingerprint density at radius 3 is 2.39 bits per heavy atom. The quantitative estimate of drug-likeness (QED) is 0.528. The van der Waals surface area contributed by atoms with E-state index in [4.69, 9.17) is 0 Å². The summed E-state index contributed by atoms with van der Waals surface area (Å²) in [5.41, 5.74) is 1.31. The van der Waals surface area contributed by atoms with Crippen molar-refractivity contribution in [1.82, 2.24) is 20.4 Å². The van der Waals surface area contributed by atoms with Gasteiger partial charge in [0.1, 0.15) is 0 Å². The standard InChI is InChI=1S/C22H33N5S/c1-23-22(24-16-19(26(2)3)18-10-5-4-6-11-18)25-17-20(21-12-9-15-28-21)27-13-7-8-14-27/h4-6,9-12,15,19-20H,7-8,13-14,16-17H2,1-3H3,(H2,23,24,25). The molecule has 1 aliphatic rings. The number of guanidine groups is 1. The van der Waals surface area contributed by atoms with Gasteiger partial charge >= 0.3 is 0 Å². The Morgan fingerprint density at radius 1 is 1.07 bits per heavy atom. The lowest BCUT2D eigenvalue weighted by Crippen LogP contribution is -2.44. The van der Waals surface area contributed by atoms with Crippen LogP contribution in [0.5, 0.6) is 0 Å². The summed E-state index contributed by atoms with van der Waals surface area (Å²) in [6, 6.07) is 15.7. The van der Waals surface area contributed by atoms with E-state index in [0.29, 0.717) is 12.1 Å². The maximum Gasteiger partial charge on any atom is 0.191 e. The van der Waals surface area contributed by atoms with Crippen LogP contribution in [0.4, 0.5) is 0 Å². The molecule has 6 heteroatoms. The van der Waals surface area contributed by atoms with Crippen LogP contribution in [0.2, 0.25) is 0 Å². The van der Waals surface area contributed by atoms with Gasteiger partial charge in [0, 0.05) is 25.0 Å². The Kier molecular flexibility index (Phi) is 7.89. The predicted octanol–water partition coefficient (Wildman–Crippen LogP) is 3.35. The summed E-state index contributed by atoms with van der Waals surface area (Å²) in [6.45, 7) is 4.06. The number of benzene rings is 1. The van der Waals surface area contributed by atoms with E-state index in [1.807, 2.05) is 18.4 Å². The van der Waals surface area contributed by atoms with Crippen molar-refractivity contribution in [2.75, 3.05) is 47.3 Å². The highest BCUT2D eigenvalue weighted by molar-refractivity contribution is 7.10. The minimum atomic E-state index is 0.298. The highest BCUT2D eigenvalue weighted by Crippen LogP contribution is 2.27. The summed E-state index contributed by atoms with van der Waals surface area (Å²) in [5.74, 6) is 0.864. The lowest BCUT2D eigenvalue weighted by atomic mass is 10.1. The molecule has 0 spiro atoms. The lowest BCUT2D eigenvalue weighted by Gasteiger charge is -2.29. The minimum Gasteiger partial charge on any atom is -0.354 e. The van der Waals surface area contributed by atoms with Crippen molar-refractivity contribution in [3.63, 3.8) is 0 Å². The molecule has 1 fully saturated rings. The molecule has 2 N–H and O–H groups in total. The normalized spacial score (nSPS) is 17.6. The van der Waals surface area contributed by atoms with Crippen LogP contribution in [0, 0.1) is 0 Å². The maximum atomic E-state index is 4.45. The van der Waals surface area contributed by atoms with Gasteiger partial charge in [0.25, 0.3) is 0 Å². The number of hydrogen-bond donors (Lipinski definition) is 2. The van der Waals surface area contributed by atoms with Gasteiger partial charge in [-0.3, -0.25) is 9.89 Å². The third-order valence-corrected chi connectivity index (χ3v) is 6.38. The van der Waals surface area contributed by atoms with Gasteiger partial charge < -0.3 is 15.5 Å². The molecule has 1 saturated heterocycles. The van der Waals surface area contributed by atoms with E-state index in [2.05, 4.69) is 87.4 Å². The van der Waals surface area contributed by atoms with E-state index >= 15 is 0 Å². The Balaban J connectivity index is 1.58. The number of rotatable bonds is 8. The fourth-order valence-corrected chi connectivity index (χ4v) is 4.69. The first-order valence-electron chi connectivity index (χ1n) is 10.1. The van der Waals surface area contributed by atoms with Gasteiger partial charge in [-0.15, -0.1) is 11.3 Å². The zero-order chi connectivity index (χ0) is 19.8. The fourth-order valence-electron chi connectivity index (χ4n) is 3.82. The van der Waals surface area contributed by atoms with E-state index in [-0.39, 0.29) is 0 Å². The van der Waals surface area contributed by atoms with Crippen molar-refractivity contribution in [3.05, 3.63) is 58.3 Å². The molecule has 152 valence electrons. The summed E-state index contributed by atoms with van der Waals surface area (Å²) in [7, 11) is 6.09. The Morgan fingerprint density at radius 2 is 1.79 bits per heavy atom. The average Bonchev–Trinajstić information content (AvgIpc) is 3.42. The van der Waals surface area contributed by atoms with Gasteiger partial charge in [0.05, 0.1) is 12.1 Å². The first-order valence-corrected chi connectivity index (χ1v) is 11.0. The monoisotopic (exact) mass is 399 g/mol. The van der Waals surface area contributed by atoms with Crippen molar-refractivity contribution in [2.45, 2.75) is 24.9 Å². The molecule has 1 aromatic carbocycles. The number of hydrogen-bond acceptors (Lipinski definition) is 4. The van der Waals surface area contributed by atoms with Gasteiger partial charge in [0.15, 0.2) is 5.96 Å². The van der Waals surface area contributed by atoms with Crippen LogP contribution < -0.4 is 10.6 Å². The Labute approximate surface area is 173 Å². The topological polar surface area (TPSA) is 42.9 Å². The minimum absolute atomic E-state index is 0.298. The van der Waals surface area contributed by atoms with Gasteiger partial charge in [-0.2, -0.15) is 0 Å². The molecule has 0 amide bonds. The molecule has 2 heterocycles. The highest BCUT2D eigenvalue weighted by atomic mass is 32.1. The summed E-state index contributed by atoms with van der Waals surface area (Å²) >= 11 is 1.85. The summed E-state index contributed by atoms with van der Waals surface area (Å²) in [5, 5.41) is 9.26. The summed E-state index contributed by atoms with van der Waals surface area (Å²) in [4.78, 5) is 10.7. The number of nitrogens with zero attached hydrogens (tertiary/aromatic N) is 3. The molecule has 0 bridgehead atoms. The van der Waals surface area contributed by atoms with Gasteiger partial charge in [-0.1, -0.05) is 36.4 Å². The molecular formula is C22H33N5S. The first kappa shape index (κ1) is 20.8. The van der Waals surface area contributed by atoms with Crippen LogP contribution in [0.3, 0.4) is 0 Å². The van der Waals surface area contributed by atoms with Gasteiger partial charge in [0.2, 0.25) is 0 Å². The van der Waals surface area contributed by atoms with Crippen LogP contribution in [0.25, 0.3) is 0 Å². The van der Waals surface area contributed by atoms with Gasteiger partial charge in [-0.25, -0.2) is 0 Å². The zero-order valence-corrected chi connectivity index (χ0v) is 18.1. The number of nitrogens with one attached hydrogen (secondary N) is 2. The average molecular weight is 400 g/mol. The zero-order valence-electron chi connectivity index (χ0n) is 17.3. The van der Waals surface area contributed by atoms with Crippen LogP contribution in [-0.2, 0) is 0 Å². The fraction of sp³-hybridized carbons (Fsp3) is 0.500. The highest BCUT2D eigenvalue weighted by Gasteiger charge is 2.24. The van der Waals surface area contributed by atoms with Crippen molar-refractivity contribution >= 4 is 17.3 Å². The van der Waals surface area contributed by atoms with E-state index in [0.717, 1.165) is 19.0 Å². The molecule has 2 unspecified atom stereocenters. The SMILES string of the molecule is CN=C(NCC(c1ccccc1)N(C)C)NCC(c1cccs1)N1CCCC1. The van der Waals surface area contributed by atoms with Crippen molar-refractivity contribution in [3.8, 4) is 0 Å². The molecule has 0 radical (unpaired) electrons. The second-order valence-corrected chi connectivity index (χ2v) is 8.48. The molecule has 1 aliphatic heterocycles. The third-order valence-electron chi connectivity index (χ3n) is 5.41. The molecule has 1 aromatic heterocycles. The molecule has 3 rings (SSSR count). The van der Waals surface area contributed by atoms with E-state index < -0.39 is 0 Å². The first-order chi connectivity index (χ1) is 13.7. The number of likely N-dealkylation sites (N-methyl/N-ethyl adjacent to an activating group) is 1. The number of thiophene rings is 1. The van der Waals surface area contributed by atoms with Crippen molar-refractivity contribution in [1.29, 1.82) is 0 Å². The van der Waals surface area contributed by atoms with Crippen LogP contribution in [-0.4, -0.2) is 63.1 Å². The molecular weight excluding hydrogens is 366 g/mol. The van der Waals surface area contributed by atoms with Crippen LogP contribution in [0.15, 0.2) is 52.8 Å². The van der Waals surface area contributed by atoms with Crippen LogP contribution >= 0.6 is 11.3 Å². The summed E-state index contributed by atoms with van der Waals surface area (Å²) < 4.78 is 0. The van der Waals surface area contributed by atoms with E-state index in [1.165, 1.54) is 36.4 Å². The second kappa shape index (κ2) is 10.6. The summed E-state index contributed by atoms with van der Waals surface area (Å²) in [6.07, 6.45) is 2.60. The predicted molar refractivity (Wildman–Crippen MR) is 120 cm³/mol. The lowest BCUT2D eigenvalue weighted by molar-refractivity contribution is 0.248. The molecule has 28 heavy (non-hydrogen) atoms. The van der Waals surface area contributed by atoms with Gasteiger partial charge in [-0.05, 0) is 57.0 Å². The van der Waals surface area contributed by atoms with E-state index in [9.17, 15) is 0 Å².